The van der Waals surface area contributed by atoms with Gasteiger partial charge in [-0.15, -0.1) is 0 Å². The van der Waals surface area contributed by atoms with Crippen LogP contribution in [0.4, 0.5) is 11.4 Å². The molecule has 0 atom stereocenters. The first kappa shape index (κ1) is 12.7. The van der Waals surface area contributed by atoms with Crippen LogP contribution in [0, 0.1) is 10.1 Å². The fourth-order valence-corrected chi connectivity index (χ4v) is 1.08. The summed E-state index contributed by atoms with van der Waals surface area (Å²) in [5, 5.41) is 13.2. The Morgan fingerprint density at radius 1 is 1.47 bits per heavy atom. The van der Waals surface area contributed by atoms with E-state index in [-0.39, 0.29) is 5.69 Å². The number of hydrogen-bond donors (Lipinski definition) is 1. The molecule has 0 bridgehead atoms. The van der Waals surface area contributed by atoms with Crippen LogP contribution in [0.25, 0.3) is 0 Å². The highest BCUT2D eigenvalue weighted by molar-refractivity contribution is 5.82. The second-order valence-electron chi connectivity index (χ2n) is 3.03. The Kier molecular flexibility index (Phi) is 4.68. The molecule has 0 fully saturated rings. The SMILES string of the molecule is CCOC(=O)/C=C/Nc1ccc([N+](=O)[O-])cc1. The minimum atomic E-state index is -0.474. The molecule has 1 aromatic rings. The van der Waals surface area contributed by atoms with E-state index in [4.69, 9.17) is 0 Å². The van der Waals surface area contributed by atoms with Crippen LogP contribution in [0.2, 0.25) is 0 Å². The van der Waals surface area contributed by atoms with Gasteiger partial charge in [0.25, 0.3) is 5.69 Å². The maximum Gasteiger partial charge on any atom is 0.332 e. The lowest BCUT2D eigenvalue weighted by atomic mass is 10.3. The summed E-state index contributed by atoms with van der Waals surface area (Å²) in [6, 6.07) is 5.85. The summed E-state index contributed by atoms with van der Waals surface area (Å²) in [7, 11) is 0. The molecule has 0 aromatic heterocycles. The predicted molar refractivity (Wildman–Crippen MR) is 62.5 cm³/mol. The van der Waals surface area contributed by atoms with Gasteiger partial charge in [0.2, 0.25) is 0 Å². The van der Waals surface area contributed by atoms with Gasteiger partial charge in [0.1, 0.15) is 0 Å². The number of nitro benzene ring substituents is 1. The lowest BCUT2D eigenvalue weighted by molar-refractivity contribution is -0.384. The lowest BCUT2D eigenvalue weighted by Gasteiger charge is -1.99. The molecular formula is C11H12N2O4. The van der Waals surface area contributed by atoms with E-state index < -0.39 is 10.9 Å². The Morgan fingerprint density at radius 2 is 2.12 bits per heavy atom. The van der Waals surface area contributed by atoms with E-state index in [2.05, 4.69) is 10.1 Å². The van der Waals surface area contributed by atoms with Crippen LogP contribution in [0.3, 0.4) is 0 Å². The van der Waals surface area contributed by atoms with E-state index in [9.17, 15) is 14.9 Å². The summed E-state index contributed by atoms with van der Waals surface area (Å²) < 4.78 is 4.68. The summed E-state index contributed by atoms with van der Waals surface area (Å²) in [5.41, 5.74) is 0.668. The number of anilines is 1. The van der Waals surface area contributed by atoms with Gasteiger partial charge in [-0.05, 0) is 19.1 Å². The van der Waals surface area contributed by atoms with Gasteiger partial charge in [0.05, 0.1) is 11.5 Å². The molecule has 0 aliphatic heterocycles. The highest BCUT2D eigenvalue weighted by Gasteiger charge is 2.02. The molecule has 0 amide bonds. The lowest BCUT2D eigenvalue weighted by Crippen LogP contribution is -2.00. The normalized spacial score (nSPS) is 10.2. The predicted octanol–water partition coefficient (Wildman–Crippen LogP) is 2.08. The maximum absolute atomic E-state index is 10.9. The van der Waals surface area contributed by atoms with E-state index in [0.717, 1.165) is 0 Å². The van der Waals surface area contributed by atoms with Gasteiger partial charge < -0.3 is 10.1 Å². The Hall–Kier alpha value is -2.37. The molecule has 6 heteroatoms. The van der Waals surface area contributed by atoms with Crippen molar-refractivity contribution >= 4 is 17.3 Å². The van der Waals surface area contributed by atoms with Crippen molar-refractivity contribution in [2.75, 3.05) is 11.9 Å². The monoisotopic (exact) mass is 236 g/mol. The minimum absolute atomic E-state index is 0.0184. The van der Waals surface area contributed by atoms with Gasteiger partial charge in [0, 0.05) is 30.1 Å². The van der Waals surface area contributed by atoms with Crippen LogP contribution in [-0.2, 0) is 9.53 Å². The van der Waals surface area contributed by atoms with E-state index >= 15 is 0 Å². The zero-order valence-electron chi connectivity index (χ0n) is 9.25. The molecule has 17 heavy (non-hydrogen) atoms. The average Bonchev–Trinajstić information content (AvgIpc) is 2.30. The number of nitrogens with zero attached hydrogens (tertiary/aromatic N) is 1. The van der Waals surface area contributed by atoms with Crippen molar-refractivity contribution in [3.63, 3.8) is 0 Å². The van der Waals surface area contributed by atoms with Crippen LogP contribution in [0.5, 0.6) is 0 Å². The molecule has 0 saturated carbocycles. The number of ether oxygens (including phenoxy) is 1. The van der Waals surface area contributed by atoms with Crippen LogP contribution in [0.1, 0.15) is 6.92 Å². The highest BCUT2D eigenvalue weighted by Crippen LogP contribution is 2.15. The van der Waals surface area contributed by atoms with Crippen molar-refractivity contribution in [3.05, 3.63) is 46.7 Å². The number of carbonyl (C=O) groups is 1. The van der Waals surface area contributed by atoms with Gasteiger partial charge >= 0.3 is 5.97 Å². The number of benzene rings is 1. The topological polar surface area (TPSA) is 81.5 Å². The number of non-ortho nitro benzene ring substituents is 1. The zero-order valence-corrected chi connectivity index (χ0v) is 9.25. The number of esters is 1. The molecule has 1 N–H and O–H groups in total. The molecule has 0 aliphatic rings. The van der Waals surface area contributed by atoms with Gasteiger partial charge in [-0.1, -0.05) is 0 Å². The standard InChI is InChI=1S/C11H12N2O4/c1-2-17-11(14)7-8-12-9-3-5-10(6-4-9)13(15)16/h3-8,12H,2H2,1H3/b8-7+. The first-order valence-corrected chi connectivity index (χ1v) is 4.97. The van der Waals surface area contributed by atoms with Crippen molar-refractivity contribution < 1.29 is 14.5 Å². The molecule has 0 aliphatic carbocycles. The zero-order chi connectivity index (χ0) is 12.7. The number of rotatable bonds is 5. The molecule has 0 heterocycles. The van der Waals surface area contributed by atoms with Crippen molar-refractivity contribution in [1.29, 1.82) is 0 Å². The van der Waals surface area contributed by atoms with Crippen LogP contribution < -0.4 is 5.32 Å². The first-order chi connectivity index (χ1) is 8.13. The summed E-state index contributed by atoms with van der Waals surface area (Å²) in [4.78, 5) is 20.9. The van der Waals surface area contributed by atoms with Gasteiger partial charge in [0.15, 0.2) is 0 Å². The Balaban J connectivity index is 2.52. The third-order valence-corrected chi connectivity index (χ3v) is 1.83. The van der Waals surface area contributed by atoms with E-state index in [1.807, 2.05) is 0 Å². The largest absolute Gasteiger partial charge is 0.463 e. The van der Waals surface area contributed by atoms with E-state index in [1.54, 1.807) is 19.1 Å². The Morgan fingerprint density at radius 3 is 2.65 bits per heavy atom. The molecule has 0 spiro atoms. The summed E-state index contributed by atoms with van der Waals surface area (Å²) in [5.74, 6) is -0.443. The van der Waals surface area contributed by atoms with Gasteiger partial charge in [-0.25, -0.2) is 4.79 Å². The first-order valence-electron chi connectivity index (χ1n) is 4.97. The number of nitrogens with one attached hydrogen (secondary N) is 1. The average molecular weight is 236 g/mol. The van der Waals surface area contributed by atoms with Crippen molar-refractivity contribution in [1.82, 2.24) is 0 Å². The summed E-state index contributed by atoms with van der Waals surface area (Å²) in [6.07, 6.45) is 2.66. The third kappa shape index (κ3) is 4.33. The molecule has 0 unspecified atom stereocenters. The van der Waals surface area contributed by atoms with Crippen LogP contribution in [-0.4, -0.2) is 17.5 Å². The van der Waals surface area contributed by atoms with E-state index in [1.165, 1.54) is 24.4 Å². The fraction of sp³-hybridized carbons (Fsp3) is 0.182. The molecule has 1 rings (SSSR count). The summed E-state index contributed by atoms with van der Waals surface area (Å²) >= 11 is 0. The maximum atomic E-state index is 10.9. The van der Waals surface area contributed by atoms with E-state index in [0.29, 0.717) is 12.3 Å². The smallest absolute Gasteiger partial charge is 0.332 e. The quantitative estimate of drug-likeness (QED) is 0.366. The van der Waals surface area contributed by atoms with Crippen molar-refractivity contribution in [2.45, 2.75) is 6.92 Å². The van der Waals surface area contributed by atoms with Gasteiger partial charge in [-0.3, -0.25) is 10.1 Å². The Bertz CT molecular complexity index is 426. The van der Waals surface area contributed by atoms with Crippen molar-refractivity contribution in [2.24, 2.45) is 0 Å². The molecule has 90 valence electrons. The molecule has 0 radical (unpaired) electrons. The summed E-state index contributed by atoms with van der Waals surface area (Å²) in [6.45, 7) is 2.04. The van der Waals surface area contributed by atoms with Crippen molar-refractivity contribution in [3.8, 4) is 0 Å². The minimum Gasteiger partial charge on any atom is -0.463 e. The highest BCUT2D eigenvalue weighted by atomic mass is 16.6. The molecule has 1 aromatic carbocycles. The van der Waals surface area contributed by atoms with Crippen LogP contribution in [0.15, 0.2) is 36.5 Å². The molecule has 0 saturated heterocycles. The molecular weight excluding hydrogens is 224 g/mol. The van der Waals surface area contributed by atoms with Gasteiger partial charge in [-0.2, -0.15) is 0 Å². The number of carbonyl (C=O) groups excluding carboxylic acids is 1. The third-order valence-electron chi connectivity index (χ3n) is 1.83. The van der Waals surface area contributed by atoms with Crippen LogP contribution >= 0.6 is 0 Å². The fourth-order valence-electron chi connectivity index (χ4n) is 1.08. The Labute approximate surface area is 98.0 Å². The second kappa shape index (κ2) is 6.26. The number of nitro groups is 1. The molecule has 6 nitrogen and oxygen atoms in total. The number of hydrogen-bond acceptors (Lipinski definition) is 5. The second-order valence-corrected chi connectivity index (χ2v) is 3.03.